The van der Waals surface area contributed by atoms with Crippen LogP contribution in [0.15, 0.2) is 35.6 Å². The standard InChI is InChI=1S/C13H16O4/c1-4-5-6-7-8-13(3)11(15)10(9(2)14)12(16)17-13/h5-8,15H,4H2,1-3H3/b6-5+,8-7+/t13-/m1/s1. The molecule has 0 aromatic rings. The Morgan fingerprint density at radius 1 is 1.47 bits per heavy atom. The molecule has 0 aromatic heterocycles. The first-order valence-electron chi connectivity index (χ1n) is 5.44. The number of carbonyl (C=O) groups is 2. The molecule has 17 heavy (non-hydrogen) atoms. The van der Waals surface area contributed by atoms with Gasteiger partial charge >= 0.3 is 5.97 Å². The molecule has 0 bridgehead atoms. The number of hydrogen-bond acceptors (Lipinski definition) is 4. The Hall–Kier alpha value is -1.84. The van der Waals surface area contributed by atoms with Gasteiger partial charge in [-0.3, -0.25) is 4.79 Å². The van der Waals surface area contributed by atoms with Crippen LogP contribution in [0.1, 0.15) is 27.2 Å². The number of ketones is 1. The molecule has 1 aliphatic rings. The highest BCUT2D eigenvalue weighted by atomic mass is 16.6. The van der Waals surface area contributed by atoms with Crippen molar-refractivity contribution in [3.63, 3.8) is 0 Å². The third-order valence-corrected chi connectivity index (χ3v) is 2.47. The molecule has 4 heteroatoms. The molecule has 0 amide bonds. The molecule has 0 saturated heterocycles. The summed E-state index contributed by atoms with van der Waals surface area (Å²) >= 11 is 0. The van der Waals surface area contributed by atoms with Crippen LogP contribution in [0.4, 0.5) is 0 Å². The molecule has 1 atom stereocenters. The molecule has 4 nitrogen and oxygen atoms in total. The average Bonchev–Trinajstić information content (AvgIpc) is 2.45. The number of ether oxygens (including phenoxy) is 1. The second-order valence-corrected chi connectivity index (χ2v) is 3.97. The van der Waals surface area contributed by atoms with Gasteiger partial charge in [-0.1, -0.05) is 25.2 Å². The predicted octanol–water partition coefficient (Wildman–Crippen LogP) is 2.23. The van der Waals surface area contributed by atoms with Crippen LogP contribution in [0.5, 0.6) is 0 Å². The number of allylic oxidation sites excluding steroid dienone is 3. The molecular weight excluding hydrogens is 220 g/mol. The van der Waals surface area contributed by atoms with Gasteiger partial charge in [-0.05, 0) is 26.3 Å². The highest BCUT2D eigenvalue weighted by Crippen LogP contribution is 2.32. The number of cyclic esters (lactones) is 1. The van der Waals surface area contributed by atoms with Gasteiger partial charge in [-0.25, -0.2) is 4.79 Å². The molecule has 0 saturated carbocycles. The Kier molecular flexibility index (Phi) is 3.89. The third kappa shape index (κ3) is 2.64. The maximum Gasteiger partial charge on any atom is 0.346 e. The SMILES string of the molecule is CC/C=C/C=C/[C@@]1(C)OC(=O)C(C(C)=O)=C1O. The first-order valence-corrected chi connectivity index (χ1v) is 5.44. The van der Waals surface area contributed by atoms with E-state index in [-0.39, 0.29) is 11.3 Å². The van der Waals surface area contributed by atoms with Crippen LogP contribution in [-0.4, -0.2) is 22.5 Å². The van der Waals surface area contributed by atoms with Crippen molar-refractivity contribution in [3.05, 3.63) is 35.6 Å². The lowest BCUT2D eigenvalue weighted by Gasteiger charge is -2.18. The lowest BCUT2D eigenvalue weighted by atomic mass is 10.0. The van der Waals surface area contributed by atoms with E-state index in [0.717, 1.165) is 6.42 Å². The van der Waals surface area contributed by atoms with Crippen LogP contribution in [0.25, 0.3) is 0 Å². The van der Waals surface area contributed by atoms with E-state index in [1.807, 2.05) is 13.0 Å². The first-order chi connectivity index (χ1) is 7.92. The van der Waals surface area contributed by atoms with Crippen molar-refractivity contribution in [2.75, 3.05) is 0 Å². The summed E-state index contributed by atoms with van der Waals surface area (Å²) in [5, 5.41) is 9.84. The van der Waals surface area contributed by atoms with E-state index in [1.54, 1.807) is 18.2 Å². The minimum Gasteiger partial charge on any atom is -0.507 e. The summed E-state index contributed by atoms with van der Waals surface area (Å²) < 4.78 is 5.01. The van der Waals surface area contributed by atoms with E-state index in [2.05, 4.69) is 0 Å². The van der Waals surface area contributed by atoms with Gasteiger partial charge in [-0.15, -0.1) is 0 Å². The van der Waals surface area contributed by atoms with Crippen molar-refractivity contribution in [3.8, 4) is 0 Å². The van der Waals surface area contributed by atoms with Gasteiger partial charge in [0, 0.05) is 0 Å². The van der Waals surface area contributed by atoms with Crippen LogP contribution in [0, 0.1) is 0 Å². The molecule has 92 valence electrons. The molecule has 1 aliphatic heterocycles. The number of aliphatic hydroxyl groups excluding tert-OH is 1. The fourth-order valence-electron chi connectivity index (χ4n) is 1.51. The van der Waals surface area contributed by atoms with Crippen LogP contribution in [0.2, 0.25) is 0 Å². The summed E-state index contributed by atoms with van der Waals surface area (Å²) in [5.41, 5.74) is -1.51. The van der Waals surface area contributed by atoms with E-state index in [9.17, 15) is 14.7 Å². The fourth-order valence-corrected chi connectivity index (χ4v) is 1.51. The average molecular weight is 236 g/mol. The predicted molar refractivity (Wildman–Crippen MR) is 63.4 cm³/mol. The van der Waals surface area contributed by atoms with E-state index >= 15 is 0 Å². The lowest BCUT2D eigenvalue weighted by Crippen LogP contribution is -2.24. The zero-order chi connectivity index (χ0) is 13.1. The van der Waals surface area contributed by atoms with Crippen LogP contribution < -0.4 is 0 Å². The normalized spacial score (nSPS) is 25.0. The van der Waals surface area contributed by atoms with Crippen LogP contribution in [-0.2, 0) is 14.3 Å². The number of hydrogen-bond donors (Lipinski definition) is 1. The van der Waals surface area contributed by atoms with E-state index in [0.29, 0.717) is 0 Å². The molecule has 1 rings (SSSR count). The monoisotopic (exact) mass is 236 g/mol. The maximum absolute atomic E-state index is 11.4. The van der Waals surface area contributed by atoms with Crippen molar-refractivity contribution in [2.45, 2.75) is 32.8 Å². The van der Waals surface area contributed by atoms with Gasteiger partial charge in [0.25, 0.3) is 0 Å². The zero-order valence-corrected chi connectivity index (χ0v) is 10.2. The molecule has 0 spiro atoms. The van der Waals surface area contributed by atoms with Gasteiger partial charge in [0.15, 0.2) is 17.1 Å². The second-order valence-electron chi connectivity index (χ2n) is 3.97. The topological polar surface area (TPSA) is 63.6 Å². The molecule has 1 N–H and O–H groups in total. The van der Waals surface area contributed by atoms with Gasteiger partial charge in [0.05, 0.1) is 0 Å². The van der Waals surface area contributed by atoms with Crippen molar-refractivity contribution >= 4 is 11.8 Å². The summed E-state index contributed by atoms with van der Waals surface area (Å²) in [6.45, 7) is 4.75. The second kappa shape index (κ2) is 4.99. The quantitative estimate of drug-likeness (QED) is 0.462. The molecule has 0 aliphatic carbocycles. The van der Waals surface area contributed by atoms with Gasteiger partial charge in [0.1, 0.15) is 5.57 Å². The summed E-state index contributed by atoms with van der Waals surface area (Å²) in [6, 6.07) is 0. The fraction of sp³-hybridized carbons (Fsp3) is 0.385. The summed E-state index contributed by atoms with van der Waals surface area (Å²) in [7, 11) is 0. The van der Waals surface area contributed by atoms with Crippen molar-refractivity contribution in [2.24, 2.45) is 0 Å². The minimum absolute atomic E-state index is 0.267. The molecular formula is C13H16O4. The number of carbonyl (C=O) groups excluding carboxylic acids is 2. The smallest absolute Gasteiger partial charge is 0.346 e. The van der Waals surface area contributed by atoms with Crippen molar-refractivity contribution < 1.29 is 19.4 Å². The number of aliphatic hydroxyl groups is 1. The summed E-state index contributed by atoms with van der Waals surface area (Å²) in [5.74, 6) is -1.59. The van der Waals surface area contributed by atoms with Crippen molar-refractivity contribution in [1.82, 2.24) is 0 Å². The van der Waals surface area contributed by atoms with Gasteiger partial charge in [0.2, 0.25) is 0 Å². The number of esters is 1. The Balaban J connectivity index is 3.00. The number of rotatable bonds is 4. The highest BCUT2D eigenvalue weighted by Gasteiger charge is 2.44. The zero-order valence-electron chi connectivity index (χ0n) is 10.2. The largest absolute Gasteiger partial charge is 0.507 e. The van der Waals surface area contributed by atoms with E-state index < -0.39 is 17.4 Å². The van der Waals surface area contributed by atoms with E-state index in [1.165, 1.54) is 13.8 Å². The number of Topliss-reactive ketones (excluding diaryl/α,β-unsaturated/α-hetero) is 1. The van der Waals surface area contributed by atoms with Crippen LogP contribution >= 0.6 is 0 Å². The van der Waals surface area contributed by atoms with Crippen LogP contribution in [0.3, 0.4) is 0 Å². The molecule has 1 heterocycles. The third-order valence-electron chi connectivity index (χ3n) is 2.47. The highest BCUT2D eigenvalue weighted by molar-refractivity contribution is 6.18. The van der Waals surface area contributed by atoms with E-state index in [4.69, 9.17) is 4.74 Å². The van der Waals surface area contributed by atoms with Gasteiger partial charge < -0.3 is 9.84 Å². The minimum atomic E-state index is -1.24. The molecule has 0 unspecified atom stereocenters. The Morgan fingerprint density at radius 3 is 2.59 bits per heavy atom. The first kappa shape index (κ1) is 13.2. The summed E-state index contributed by atoms with van der Waals surface area (Å²) in [4.78, 5) is 22.6. The summed E-state index contributed by atoms with van der Waals surface area (Å²) in [6.07, 6.45) is 7.82. The Morgan fingerprint density at radius 2 is 2.12 bits per heavy atom. The Labute approximate surface area is 100 Å². The molecule has 0 radical (unpaired) electrons. The Bertz CT molecular complexity index is 429. The molecule has 0 fully saturated rings. The maximum atomic E-state index is 11.4. The van der Waals surface area contributed by atoms with Crippen molar-refractivity contribution in [1.29, 1.82) is 0 Å². The molecule has 0 aromatic carbocycles. The van der Waals surface area contributed by atoms with Gasteiger partial charge in [-0.2, -0.15) is 0 Å². The lowest BCUT2D eigenvalue weighted by molar-refractivity contribution is -0.144.